The van der Waals surface area contributed by atoms with Crippen molar-refractivity contribution in [1.82, 2.24) is 15.3 Å². The number of carbonyl (C=O) groups is 1. The molecular formula is C18H19F3N4O2S. The maximum atomic E-state index is 12.5. The van der Waals surface area contributed by atoms with E-state index < -0.39 is 23.0 Å². The summed E-state index contributed by atoms with van der Waals surface area (Å²) in [5.41, 5.74) is -4.12. The lowest BCUT2D eigenvalue weighted by atomic mass is 10.1. The first-order valence-corrected chi connectivity index (χ1v) is 9.56. The summed E-state index contributed by atoms with van der Waals surface area (Å²) in [7, 11) is 0. The average Bonchev–Trinajstić information content (AvgIpc) is 3.15. The van der Waals surface area contributed by atoms with Crippen LogP contribution < -0.4 is 15.8 Å². The summed E-state index contributed by atoms with van der Waals surface area (Å²) in [6.45, 7) is 3.25. The fourth-order valence-corrected chi connectivity index (χ4v) is 3.49. The van der Waals surface area contributed by atoms with E-state index in [0.29, 0.717) is 11.5 Å². The van der Waals surface area contributed by atoms with Crippen molar-refractivity contribution in [2.75, 3.05) is 18.0 Å². The molecule has 0 aliphatic carbocycles. The molecule has 0 spiro atoms. The molecule has 10 heteroatoms. The lowest BCUT2D eigenvalue weighted by Gasteiger charge is -2.17. The Morgan fingerprint density at radius 2 is 1.89 bits per heavy atom. The number of nitrogens with one attached hydrogen (secondary N) is 2. The zero-order valence-electron chi connectivity index (χ0n) is 15.0. The Kier molecular flexibility index (Phi) is 5.97. The van der Waals surface area contributed by atoms with Crippen molar-refractivity contribution in [2.24, 2.45) is 0 Å². The minimum Gasteiger partial charge on any atom is -0.344 e. The molecule has 0 unspecified atom stereocenters. The number of alkyl halides is 3. The smallest absolute Gasteiger partial charge is 0.344 e. The molecule has 28 heavy (non-hydrogen) atoms. The van der Waals surface area contributed by atoms with Gasteiger partial charge in [-0.1, -0.05) is 12.1 Å². The molecule has 150 valence electrons. The zero-order valence-corrected chi connectivity index (χ0v) is 15.9. The molecule has 0 saturated carbocycles. The first-order valence-electron chi connectivity index (χ1n) is 8.74. The van der Waals surface area contributed by atoms with Crippen LogP contribution in [-0.4, -0.2) is 34.5 Å². The number of anilines is 1. The maximum absolute atomic E-state index is 12.5. The van der Waals surface area contributed by atoms with E-state index in [1.54, 1.807) is 6.92 Å². The van der Waals surface area contributed by atoms with Crippen LogP contribution in [0.4, 0.5) is 19.1 Å². The monoisotopic (exact) mass is 412 g/mol. The average molecular weight is 412 g/mol. The van der Waals surface area contributed by atoms with Crippen molar-refractivity contribution in [3.63, 3.8) is 0 Å². The fraction of sp³-hybridized carbons (Fsp3) is 0.389. The van der Waals surface area contributed by atoms with Gasteiger partial charge in [-0.3, -0.25) is 14.6 Å². The number of thioether (sulfide) groups is 1. The molecule has 0 bridgehead atoms. The fourth-order valence-electron chi connectivity index (χ4n) is 2.95. The zero-order chi connectivity index (χ0) is 20.3. The molecule has 2 heterocycles. The molecule has 1 amide bonds. The van der Waals surface area contributed by atoms with Crippen LogP contribution >= 0.6 is 11.8 Å². The van der Waals surface area contributed by atoms with Crippen LogP contribution in [0.25, 0.3) is 0 Å². The van der Waals surface area contributed by atoms with Gasteiger partial charge in [0.2, 0.25) is 5.95 Å². The number of hydrogen-bond acceptors (Lipinski definition) is 5. The van der Waals surface area contributed by atoms with Gasteiger partial charge in [-0.15, -0.1) is 0 Å². The highest BCUT2D eigenvalue weighted by atomic mass is 32.2. The van der Waals surface area contributed by atoms with Crippen molar-refractivity contribution < 1.29 is 18.0 Å². The molecule has 0 radical (unpaired) electrons. The van der Waals surface area contributed by atoms with E-state index in [-0.39, 0.29) is 22.4 Å². The number of carbonyl (C=O) groups excluding carboxylic acids is 1. The van der Waals surface area contributed by atoms with Crippen molar-refractivity contribution >= 4 is 23.6 Å². The standard InChI is InChI=1S/C18H19F3N4O2S/c1-11(12-4-6-13(7-5-12)28-18(19,20)21)22-16(27)14-10-15(26)24-17(23-14)25-8-2-3-9-25/h4-7,10-11H,2-3,8-9H2,1H3,(H,22,27)(H,23,24,26)/t11-/m1/s1. The number of benzene rings is 1. The largest absolute Gasteiger partial charge is 0.446 e. The predicted molar refractivity (Wildman–Crippen MR) is 101 cm³/mol. The van der Waals surface area contributed by atoms with Crippen molar-refractivity contribution in [3.05, 3.63) is 51.9 Å². The van der Waals surface area contributed by atoms with Crippen LogP contribution in [0.2, 0.25) is 0 Å². The summed E-state index contributed by atoms with van der Waals surface area (Å²) in [6.07, 6.45) is 2.00. The summed E-state index contributed by atoms with van der Waals surface area (Å²) in [5.74, 6) is -0.149. The van der Waals surface area contributed by atoms with Gasteiger partial charge in [0.15, 0.2) is 0 Å². The van der Waals surface area contributed by atoms with E-state index >= 15 is 0 Å². The van der Waals surface area contributed by atoms with Gasteiger partial charge in [-0.05, 0) is 49.2 Å². The molecule has 1 aliphatic heterocycles. The summed E-state index contributed by atoms with van der Waals surface area (Å²) < 4.78 is 37.2. The van der Waals surface area contributed by atoms with Crippen molar-refractivity contribution in [1.29, 1.82) is 0 Å². The van der Waals surface area contributed by atoms with E-state index in [1.807, 2.05) is 4.90 Å². The van der Waals surface area contributed by atoms with Crippen molar-refractivity contribution in [2.45, 2.75) is 36.2 Å². The van der Waals surface area contributed by atoms with E-state index in [2.05, 4.69) is 15.3 Å². The first-order chi connectivity index (χ1) is 13.2. The van der Waals surface area contributed by atoms with Gasteiger partial charge in [0, 0.05) is 24.1 Å². The van der Waals surface area contributed by atoms with Crippen LogP contribution in [0.1, 0.15) is 41.9 Å². The number of aromatic amines is 1. The number of rotatable bonds is 5. The molecule has 1 atom stereocenters. The summed E-state index contributed by atoms with van der Waals surface area (Å²) in [5, 5.41) is 2.72. The molecule has 3 rings (SSSR count). The molecule has 6 nitrogen and oxygen atoms in total. The highest BCUT2D eigenvalue weighted by Gasteiger charge is 2.29. The number of H-pyrrole nitrogens is 1. The quantitative estimate of drug-likeness (QED) is 0.736. The Balaban J connectivity index is 1.69. The molecule has 2 aromatic rings. The van der Waals surface area contributed by atoms with Crippen LogP contribution in [-0.2, 0) is 0 Å². The third kappa shape index (κ3) is 5.28. The van der Waals surface area contributed by atoms with Crippen LogP contribution in [0.15, 0.2) is 40.0 Å². The van der Waals surface area contributed by atoms with Gasteiger partial charge in [0.05, 0.1) is 6.04 Å². The Labute approximate surface area is 163 Å². The van der Waals surface area contributed by atoms with Crippen molar-refractivity contribution in [3.8, 4) is 0 Å². The lowest BCUT2D eigenvalue weighted by molar-refractivity contribution is -0.0328. The maximum Gasteiger partial charge on any atom is 0.446 e. The minimum atomic E-state index is -4.35. The van der Waals surface area contributed by atoms with E-state index in [9.17, 15) is 22.8 Å². The Morgan fingerprint density at radius 3 is 2.50 bits per heavy atom. The van der Waals surface area contributed by atoms with Gasteiger partial charge in [0.25, 0.3) is 11.5 Å². The second-order valence-electron chi connectivity index (χ2n) is 6.46. The second kappa shape index (κ2) is 8.26. The number of hydrogen-bond donors (Lipinski definition) is 2. The lowest BCUT2D eigenvalue weighted by Crippen LogP contribution is -2.31. The Morgan fingerprint density at radius 1 is 1.25 bits per heavy atom. The van der Waals surface area contributed by atoms with Gasteiger partial charge in [-0.25, -0.2) is 4.98 Å². The molecule has 1 fully saturated rings. The van der Waals surface area contributed by atoms with Gasteiger partial charge in [-0.2, -0.15) is 13.2 Å². The van der Waals surface area contributed by atoms with E-state index in [1.165, 1.54) is 24.3 Å². The van der Waals surface area contributed by atoms with E-state index in [4.69, 9.17) is 0 Å². The topological polar surface area (TPSA) is 78.1 Å². The molecule has 1 aromatic heterocycles. The third-order valence-electron chi connectivity index (χ3n) is 4.33. The Bertz CT molecular complexity index is 893. The minimum absolute atomic E-state index is 0.00162. The summed E-state index contributed by atoms with van der Waals surface area (Å²) >= 11 is -0.193. The second-order valence-corrected chi connectivity index (χ2v) is 7.60. The van der Waals surface area contributed by atoms with Crippen LogP contribution in [0, 0.1) is 0 Å². The molecule has 1 aromatic carbocycles. The molecule has 1 saturated heterocycles. The SMILES string of the molecule is C[C@@H](NC(=O)c1cc(=O)[nH]c(N2CCCC2)n1)c1ccc(SC(F)(F)F)cc1. The number of nitrogens with zero attached hydrogens (tertiary/aromatic N) is 2. The number of aromatic nitrogens is 2. The molecule has 2 N–H and O–H groups in total. The highest BCUT2D eigenvalue weighted by molar-refractivity contribution is 8.00. The normalized spacial score (nSPS) is 15.5. The highest BCUT2D eigenvalue weighted by Crippen LogP contribution is 2.37. The number of halogens is 3. The van der Waals surface area contributed by atoms with Crippen LogP contribution in [0.5, 0.6) is 0 Å². The molecule has 1 aliphatic rings. The van der Waals surface area contributed by atoms with Gasteiger partial charge in [0.1, 0.15) is 5.69 Å². The molecular weight excluding hydrogens is 393 g/mol. The number of amides is 1. The summed E-state index contributed by atoms with van der Waals surface area (Å²) in [6, 6.07) is 6.43. The predicted octanol–water partition coefficient (Wildman–Crippen LogP) is 3.47. The van der Waals surface area contributed by atoms with Gasteiger partial charge >= 0.3 is 5.51 Å². The Hall–Kier alpha value is -2.49. The summed E-state index contributed by atoms with van der Waals surface area (Å²) in [4.78, 5) is 33.3. The van der Waals surface area contributed by atoms with E-state index in [0.717, 1.165) is 32.0 Å². The van der Waals surface area contributed by atoms with Crippen LogP contribution in [0.3, 0.4) is 0 Å². The first kappa shape index (κ1) is 20.2. The van der Waals surface area contributed by atoms with Gasteiger partial charge < -0.3 is 10.2 Å². The third-order valence-corrected chi connectivity index (χ3v) is 5.07.